The lowest BCUT2D eigenvalue weighted by Gasteiger charge is -2.27. The number of sulfonamides is 1. The Balaban J connectivity index is 3.01. The summed E-state index contributed by atoms with van der Waals surface area (Å²) < 4.78 is 29.0. The summed E-state index contributed by atoms with van der Waals surface area (Å²) >= 11 is 0. The van der Waals surface area contributed by atoms with Crippen LogP contribution >= 0.6 is 0 Å². The van der Waals surface area contributed by atoms with Crippen LogP contribution in [0.5, 0.6) is 0 Å². The van der Waals surface area contributed by atoms with Crippen LogP contribution in [0, 0.1) is 0 Å². The maximum atomic E-state index is 11.4. The molecule has 0 radical (unpaired) electrons. The molecule has 0 aliphatic carbocycles. The molecule has 0 bridgehead atoms. The fraction of sp³-hybridized carbons (Fsp3) is 0.556. The van der Waals surface area contributed by atoms with Gasteiger partial charge in [0.05, 0.1) is 19.9 Å². The molecule has 0 aromatic rings. The highest BCUT2D eigenvalue weighted by Crippen LogP contribution is 2.19. The molecule has 0 saturated heterocycles. The summed E-state index contributed by atoms with van der Waals surface area (Å²) in [6.07, 6.45) is 4.58. The van der Waals surface area contributed by atoms with E-state index in [0.717, 1.165) is 11.8 Å². The van der Waals surface area contributed by atoms with Gasteiger partial charge in [-0.3, -0.25) is 0 Å². The normalized spacial score (nSPS) is 19.3. The van der Waals surface area contributed by atoms with Gasteiger partial charge >= 0.3 is 0 Å². The molecule has 0 saturated carbocycles. The van der Waals surface area contributed by atoms with Gasteiger partial charge in [-0.05, 0) is 12.5 Å². The molecule has 86 valence electrons. The molecular weight excluding hydrogens is 216 g/mol. The minimum absolute atomic E-state index is 0.128. The average Bonchev–Trinajstić information content (AvgIpc) is 2.15. The van der Waals surface area contributed by atoms with Crippen molar-refractivity contribution in [3.8, 4) is 0 Å². The lowest BCUT2D eigenvalue weighted by atomic mass is 10.1. The highest BCUT2D eigenvalue weighted by Gasteiger charge is 2.23. The van der Waals surface area contributed by atoms with E-state index in [-0.39, 0.29) is 12.6 Å². The van der Waals surface area contributed by atoms with E-state index in [0.29, 0.717) is 5.88 Å². The van der Waals surface area contributed by atoms with Crippen LogP contribution in [0.25, 0.3) is 0 Å². The van der Waals surface area contributed by atoms with Gasteiger partial charge in [-0.25, -0.2) is 12.7 Å². The molecule has 1 heterocycles. The van der Waals surface area contributed by atoms with Crippen molar-refractivity contribution >= 4 is 10.0 Å². The van der Waals surface area contributed by atoms with Crippen molar-refractivity contribution < 1.29 is 13.2 Å². The van der Waals surface area contributed by atoms with Gasteiger partial charge in [0.2, 0.25) is 15.9 Å². The first kappa shape index (κ1) is 12.1. The fourth-order valence-electron chi connectivity index (χ4n) is 1.33. The largest absolute Gasteiger partial charge is 0.482 e. The first-order valence-electron chi connectivity index (χ1n) is 4.55. The Labute approximate surface area is 90.2 Å². The predicted octanol–water partition coefficient (Wildman–Crippen LogP) is 0.0230. The van der Waals surface area contributed by atoms with Crippen LogP contribution in [0.4, 0.5) is 0 Å². The Morgan fingerprint density at radius 1 is 1.60 bits per heavy atom. The van der Waals surface area contributed by atoms with Gasteiger partial charge in [-0.15, -0.1) is 0 Å². The van der Waals surface area contributed by atoms with Crippen LogP contribution in [0.3, 0.4) is 0 Å². The van der Waals surface area contributed by atoms with E-state index in [4.69, 9.17) is 10.5 Å². The number of hydrogen-bond acceptors (Lipinski definition) is 4. The topological polar surface area (TPSA) is 72.6 Å². The molecule has 6 heteroatoms. The Kier molecular flexibility index (Phi) is 3.41. The minimum atomic E-state index is -3.28. The molecule has 5 nitrogen and oxygen atoms in total. The second-order valence-corrected chi connectivity index (χ2v) is 5.38. The van der Waals surface area contributed by atoms with Gasteiger partial charge < -0.3 is 10.5 Å². The van der Waals surface area contributed by atoms with Gasteiger partial charge in [0.1, 0.15) is 0 Å². The molecule has 15 heavy (non-hydrogen) atoms. The van der Waals surface area contributed by atoms with E-state index < -0.39 is 10.0 Å². The van der Waals surface area contributed by atoms with Crippen LogP contribution in [0.15, 0.2) is 23.6 Å². The van der Waals surface area contributed by atoms with Crippen LogP contribution in [-0.4, -0.2) is 38.7 Å². The van der Waals surface area contributed by atoms with E-state index in [1.54, 1.807) is 12.2 Å². The Bertz CT molecular complexity index is 396. The second-order valence-electron chi connectivity index (χ2n) is 3.47. The highest BCUT2D eigenvalue weighted by atomic mass is 32.2. The van der Waals surface area contributed by atoms with Gasteiger partial charge in [-0.1, -0.05) is 6.08 Å². The Morgan fingerprint density at radius 3 is 2.60 bits per heavy atom. The van der Waals surface area contributed by atoms with Crippen LogP contribution in [0.1, 0.15) is 6.92 Å². The molecule has 0 aromatic heterocycles. The number of ether oxygens (including phenoxy) is 1. The summed E-state index contributed by atoms with van der Waals surface area (Å²) in [5.74, 6) is 0.312. The van der Waals surface area contributed by atoms with Gasteiger partial charge in [0, 0.05) is 12.1 Å². The average molecular weight is 232 g/mol. The van der Waals surface area contributed by atoms with Crippen molar-refractivity contribution in [3.63, 3.8) is 0 Å². The lowest BCUT2D eigenvalue weighted by molar-refractivity contribution is 0.213. The quantitative estimate of drug-likeness (QED) is 0.744. The summed E-state index contributed by atoms with van der Waals surface area (Å²) in [6, 6.07) is -0.128. The van der Waals surface area contributed by atoms with Gasteiger partial charge in [0.25, 0.3) is 0 Å². The maximum Gasteiger partial charge on any atom is 0.234 e. The van der Waals surface area contributed by atoms with Crippen molar-refractivity contribution in [1.29, 1.82) is 0 Å². The third kappa shape index (κ3) is 2.73. The van der Waals surface area contributed by atoms with Crippen LogP contribution < -0.4 is 5.73 Å². The molecule has 0 amide bonds. The molecule has 1 rings (SSSR count). The predicted molar refractivity (Wildman–Crippen MR) is 58.4 cm³/mol. The minimum Gasteiger partial charge on any atom is -0.482 e. The molecule has 0 fully saturated rings. The number of nitrogens with zero attached hydrogens (tertiary/aromatic N) is 1. The molecule has 0 aromatic carbocycles. The summed E-state index contributed by atoms with van der Waals surface area (Å²) in [4.78, 5) is 0. The molecule has 1 aliphatic rings. The second kappa shape index (κ2) is 4.24. The summed E-state index contributed by atoms with van der Waals surface area (Å²) in [5, 5.41) is 0. The zero-order valence-corrected chi connectivity index (χ0v) is 9.91. The van der Waals surface area contributed by atoms with Gasteiger partial charge in [0.15, 0.2) is 0 Å². The van der Waals surface area contributed by atoms with Crippen molar-refractivity contribution in [1.82, 2.24) is 4.31 Å². The number of rotatable bonds is 3. The lowest BCUT2D eigenvalue weighted by Crippen LogP contribution is -2.34. The summed E-state index contributed by atoms with van der Waals surface area (Å²) in [7, 11) is -1.84. The third-order valence-corrected chi connectivity index (χ3v) is 3.29. The zero-order valence-electron chi connectivity index (χ0n) is 9.10. The number of hydrogen-bond donors (Lipinski definition) is 1. The van der Waals surface area contributed by atoms with Crippen molar-refractivity contribution in [3.05, 3.63) is 23.6 Å². The van der Waals surface area contributed by atoms with E-state index in [9.17, 15) is 8.42 Å². The number of methoxy groups -OCH3 is 1. The highest BCUT2D eigenvalue weighted by molar-refractivity contribution is 7.88. The first-order chi connectivity index (χ1) is 6.86. The van der Waals surface area contributed by atoms with Crippen molar-refractivity contribution in [2.75, 3.05) is 19.9 Å². The SMILES string of the molecule is COC1=CC([C@H](C)N)=CCN1S(C)(=O)=O. The van der Waals surface area contributed by atoms with E-state index in [1.807, 2.05) is 6.92 Å². The van der Waals surface area contributed by atoms with E-state index in [2.05, 4.69) is 0 Å². The zero-order chi connectivity index (χ0) is 11.6. The molecule has 2 N–H and O–H groups in total. The van der Waals surface area contributed by atoms with E-state index in [1.165, 1.54) is 11.4 Å². The molecule has 0 unspecified atom stereocenters. The Morgan fingerprint density at radius 2 is 2.20 bits per heavy atom. The number of nitrogens with two attached hydrogens (primary N) is 1. The molecular formula is C9H16N2O3S. The summed E-state index contributed by atoms with van der Waals surface area (Å²) in [5.41, 5.74) is 6.58. The van der Waals surface area contributed by atoms with Gasteiger partial charge in [-0.2, -0.15) is 0 Å². The smallest absolute Gasteiger partial charge is 0.234 e. The van der Waals surface area contributed by atoms with Crippen LogP contribution in [0.2, 0.25) is 0 Å². The van der Waals surface area contributed by atoms with E-state index >= 15 is 0 Å². The van der Waals surface area contributed by atoms with Crippen LogP contribution in [-0.2, 0) is 14.8 Å². The van der Waals surface area contributed by atoms with Crippen molar-refractivity contribution in [2.24, 2.45) is 5.73 Å². The standard InChI is InChI=1S/C9H16N2O3S/c1-7(10)8-4-5-11(15(3,12)13)9(6-8)14-2/h4,6-7H,5,10H2,1-3H3/t7-/m0/s1. The Hall–Kier alpha value is -1.01. The molecule has 1 aliphatic heterocycles. The van der Waals surface area contributed by atoms with Crippen molar-refractivity contribution in [2.45, 2.75) is 13.0 Å². The maximum absolute atomic E-state index is 11.4. The third-order valence-electron chi connectivity index (χ3n) is 2.16. The first-order valence-corrected chi connectivity index (χ1v) is 6.40. The fourth-order valence-corrected chi connectivity index (χ4v) is 2.13. The molecule has 1 atom stereocenters. The molecule has 0 spiro atoms. The summed E-state index contributed by atoms with van der Waals surface area (Å²) in [6.45, 7) is 2.11. The monoisotopic (exact) mass is 232 g/mol.